The SMILES string of the molecule is Cc1cccc(C(=O)/C=C/c2ccc(C(=O)Nc3nnc(-c4ccc(O)c(O)c4)s3)cc2)c1. The van der Waals surface area contributed by atoms with Crippen LogP contribution in [0.2, 0.25) is 0 Å². The molecule has 7 nitrogen and oxygen atoms in total. The molecule has 3 N–H and O–H groups in total. The third-order valence-corrected chi connectivity index (χ3v) is 5.66. The topological polar surface area (TPSA) is 112 Å². The molecule has 4 rings (SSSR count). The summed E-state index contributed by atoms with van der Waals surface area (Å²) in [4.78, 5) is 24.8. The molecule has 0 fully saturated rings. The van der Waals surface area contributed by atoms with Crippen LogP contribution in [0.15, 0.2) is 72.8 Å². The summed E-state index contributed by atoms with van der Waals surface area (Å²) in [5.41, 5.74) is 3.43. The number of carbonyl (C=O) groups excluding carboxylic acids is 2. The van der Waals surface area contributed by atoms with Crippen LogP contribution in [0.25, 0.3) is 16.6 Å². The Balaban J connectivity index is 1.40. The molecule has 0 atom stereocenters. The number of hydrogen-bond donors (Lipinski definition) is 3. The van der Waals surface area contributed by atoms with E-state index < -0.39 is 0 Å². The van der Waals surface area contributed by atoms with Gasteiger partial charge in [0.25, 0.3) is 5.91 Å². The van der Waals surface area contributed by atoms with Crippen molar-refractivity contribution in [2.45, 2.75) is 6.92 Å². The molecular weight excluding hydrogens is 438 g/mol. The summed E-state index contributed by atoms with van der Waals surface area (Å²) in [6.07, 6.45) is 3.21. The van der Waals surface area contributed by atoms with E-state index in [4.69, 9.17) is 0 Å². The zero-order valence-corrected chi connectivity index (χ0v) is 18.3. The molecule has 3 aromatic carbocycles. The van der Waals surface area contributed by atoms with Crippen LogP contribution in [0.3, 0.4) is 0 Å². The first-order valence-corrected chi connectivity index (χ1v) is 10.8. The lowest BCUT2D eigenvalue weighted by molar-refractivity contribution is 0.102. The number of phenolic OH excluding ortho intramolecular Hbond substituents is 2. The molecule has 164 valence electrons. The number of rotatable bonds is 6. The molecule has 0 aliphatic heterocycles. The molecule has 0 spiro atoms. The number of amides is 1. The van der Waals surface area contributed by atoms with E-state index in [0.29, 0.717) is 26.8 Å². The highest BCUT2D eigenvalue weighted by molar-refractivity contribution is 7.18. The zero-order chi connectivity index (χ0) is 23.4. The third kappa shape index (κ3) is 5.31. The number of nitrogens with one attached hydrogen (secondary N) is 1. The van der Waals surface area contributed by atoms with Crippen LogP contribution in [0.5, 0.6) is 11.5 Å². The molecule has 0 saturated carbocycles. The molecule has 33 heavy (non-hydrogen) atoms. The molecule has 0 bridgehead atoms. The second-order valence-electron chi connectivity index (χ2n) is 7.26. The summed E-state index contributed by atoms with van der Waals surface area (Å²) in [7, 11) is 0. The maximum absolute atomic E-state index is 12.5. The minimum atomic E-state index is -0.349. The van der Waals surface area contributed by atoms with E-state index in [9.17, 15) is 19.8 Å². The number of carbonyl (C=O) groups is 2. The van der Waals surface area contributed by atoms with E-state index in [1.807, 2.05) is 25.1 Å². The maximum Gasteiger partial charge on any atom is 0.257 e. The highest BCUT2D eigenvalue weighted by Gasteiger charge is 2.12. The lowest BCUT2D eigenvalue weighted by Crippen LogP contribution is -2.11. The Labute approximate surface area is 193 Å². The van der Waals surface area contributed by atoms with Crippen molar-refractivity contribution in [3.63, 3.8) is 0 Å². The average molecular weight is 458 g/mol. The number of ketones is 1. The van der Waals surface area contributed by atoms with Gasteiger partial charge in [0.2, 0.25) is 5.13 Å². The third-order valence-electron chi connectivity index (χ3n) is 4.77. The van der Waals surface area contributed by atoms with Crippen molar-refractivity contribution in [2.75, 3.05) is 5.32 Å². The fraction of sp³-hybridized carbons (Fsp3) is 0.0400. The van der Waals surface area contributed by atoms with Crippen LogP contribution in [0, 0.1) is 6.92 Å². The van der Waals surface area contributed by atoms with Gasteiger partial charge in [-0.25, -0.2) is 0 Å². The monoisotopic (exact) mass is 457 g/mol. The molecule has 0 saturated heterocycles. The molecule has 8 heteroatoms. The Kier molecular flexibility index (Phi) is 6.28. The quantitative estimate of drug-likeness (QED) is 0.212. The summed E-state index contributed by atoms with van der Waals surface area (Å²) in [5, 5.41) is 30.5. The smallest absolute Gasteiger partial charge is 0.257 e. The van der Waals surface area contributed by atoms with Gasteiger partial charge in [-0.05, 0) is 55.0 Å². The van der Waals surface area contributed by atoms with Crippen LogP contribution in [-0.2, 0) is 0 Å². The van der Waals surface area contributed by atoms with Crippen molar-refractivity contribution < 1.29 is 19.8 Å². The molecular formula is C25H19N3O4S. The number of anilines is 1. The Morgan fingerprint density at radius 1 is 0.909 bits per heavy atom. The highest BCUT2D eigenvalue weighted by atomic mass is 32.1. The lowest BCUT2D eigenvalue weighted by atomic mass is 10.1. The summed E-state index contributed by atoms with van der Waals surface area (Å²) < 4.78 is 0. The maximum atomic E-state index is 12.5. The summed E-state index contributed by atoms with van der Waals surface area (Å²) >= 11 is 1.14. The largest absolute Gasteiger partial charge is 0.504 e. The lowest BCUT2D eigenvalue weighted by Gasteiger charge is -2.02. The highest BCUT2D eigenvalue weighted by Crippen LogP contribution is 2.33. The van der Waals surface area contributed by atoms with Gasteiger partial charge in [0.1, 0.15) is 5.01 Å². The second-order valence-corrected chi connectivity index (χ2v) is 8.24. The van der Waals surface area contributed by atoms with Crippen LogP contribution in [0.4, 0.5) is 5.13 Å². The molecule has 4 aromatic rings. The zero-order valence-electron chi connectivity index (χ0n) is 17.5. The number of phenols is 2. The summed E-state index contributed by atoms with van der Waals surface area (Å²) in [6, 6.07) is 18.5. The van der Waals surface area contributed by atoms with Crippen LogP contribution in [0.1, 0.15) is 31.8 Å². The van der Waals surface area contributed by atoms with Crippen molar-refractivity contribution in [2.24, 2.45) is 0 Å². The van der Waals surface area contributed by atoms with E-state index in [0.717, 1.165) is 22.5 Å². The van der Waals surface area contributed by atoms with Gasteiger partial charge in [-0.15, -0.1) is 10.2 Å². The average Bonchev–Trinajstić information content (AvgIpc) is 3.28. The minimum absolute atomic E-state index is 0.0884. The summed E-state index contributed by atoms with van der Waals surface area (Å²) in [6.45, 7) is 1.94. The van der Waals surface area contributed by atoms with E-state index in [1.165, 1.54) is 18.2 Å². The Hall–Kier alpha value is -4.30. The minimum Gasteiger partial charge on any atom is -0.504 e. The van der Waals surface area contributed by atoms with Crippen molar-refractivity contribution in [3.8, 4) is 22.1 Å². The van der Waals surface area contributed by atoms with Gasteiger partial charge in [0, 0.05) is 16.7 Å². The molecule has 0 aliphatic carbocycles. The van der Waals surface area contributed by atoms with Crippen LogP contribution >= 0.6 is 11.3 Å². The first-order valence-electron chi connectivity index (χ1n) is 9.95. The predicted octanol–water partition coefficient (Wildman–Crippen LogP) is 5.07. The molecule has 0 radical (unpaired) electrons. The first-order chi connectivity index (χ1) is 15.9. The number of benzene rings is 3. The molecule has 1 heterocycles. The van der Waals surface area contributed by atoms with Crippen LogP contribution in [-0.4, -0.2) is 32.1 Å². The van der Waals surface area contributed by atoms with Gasteiger partial charge < -0.3 is 10.2 Å². The van der Waals surface area contributed by atoms with Gasteiger partial charge in [-0.1, -0.05) is 53.3 Å². The predicted molar refractivity (Wildman–Crippen MR) is 128 cm³/mol. The van der Waals surface area contributed by atoms with E-state index >= 15 is 0 Å². The Bertz CT molecular complexity index is 1360. The van der Waals surface area contributed by atoms with Gasteiger partial charge in [0.15, 0.2) is 17.3 Å². The Morgan fingerprint density at radius 3 is 2.42 bits per heavy atom. The number of allylic oxidation sites excluding steroid dienone is 1. The van der Waals surface area contributed by atoms with Gasteiger partial charge in [-0.2, -0.15) is 0 Å². The molecule has 0 aliphatic rings. The fourth-order valence-electron chi connectivity index (χ4n) is 3.03. The standard InChI is InChI=1S/C25H19N3O4S/c1-15-3-2-4-18(13-15)20(29)11-7-16-5-8-17(9-6-16)23(32)26-25-28-27-24(33-25)19-10-12-21(30)22(31)14-19/h2-14,30-31H,1H3,(H,26,28,32)/b11-7+. The fourth-order valence-corrected chi connectivity index (χ4v) is 3.76. The van der Waals surface area contributed by atoms with Crippen molar-refractivity contribution in [1.29, 1.82) is 0 Å². The molecule has 1 amide bonds. The van der Waals surface area contributed by atoms with E-state index in [1.54, 1.807) is 42.5 Å². The van der Waals surface area contributed by atoms with Crippen LogP contribution < -0.4 is 5.32 Å². The number of aromatic nitrogens is 2. The molecule has 1 aromatic heterocycles. The van der Waals surface area contributed by atoms with E-state index in [2.05, 4.69) is 15.5 Å². The van der Waals surface area contributed by atoms with Crippen molar-refractivity contribution >= 4 is 34.2 Å². The molecule has 0 unspecified atom stereocenters. The van der Waals surface area contributed by atoms with E-state index in [-0.39, 0.29) is 23.2 Å². The summed E-state index contributed by atoms with van der Waals surface area (Å²) in [5.74, 6) is -0.926. The van der Waals surface area contributed by atoms with Crippen molar-refractivity contribution in [3.05, 3.63) is 95.1 Å². The first kappa shape index (κ1) is 21.9. The van der Waals surface area contributed by atoms with Gasteiger partial charge in [-0.3, -0.25) is 14.9 Å². The normalized spacial score (nSPS) is 10.9. The van der Waals surface area contributed by atoms with Crippen molar-refractivity contribution in [1.82, 2.24) is 10.2 Å². The number of aryl methyl sites for hydroxylation is 1. The second kappa shape index (κ2) is 9.46. The van der Waals surface area contributed by atoms with Gasteiger partial charge in [0.05, 0.1) is 0 Å². The Morgan fingerprint density at radius 2 is 1.70 bits per heavy atom. The number of aromatic hydroxyl groups is 2. The van der Waals surface area contributed by atoms with Gasteiger partial charge >= 0.3 is 0 Å². The number of hydrogen-bond acceptors (Lipinski definition) is 7. The number of nitrogens with zero attached hydrogens (tertiary/aromatic N) is 2.